The van der Waals surface area contributed by atoms with Crippen molar-refractivity contribution in [1.29, 1.82) is 0 Å². The van der Waals surface area contributed by atoms with Gasteiger partial charge in [-0.3, -0.25) is 10.1 Å². The smallest absolute Gasteiger partial charge is 0.374 e. The van der Waals surface area contributed by atoms with Crippen molar-refractivity contribution in [3.05, 3.63) is 62.3 Å². The Morgan fingerprint density at radius 3 is 2.22 bits per heavy atom. The highest BCUT2D eigenvalue weighted by Gasteiger charge is 2.71. The lowest BCUT2D eigenvalue weighted by Gasteiger charge is -2.36. The minimum Gasteiger partial charge on any atom is -0.374 e. The van der Waals surface area contributed by atoms with Crippen LogP contribution in [-0.4, -0.2) is 22.1 Å². The molecular formula is C13H8F5NO3S. The molecule has 2 aromatic rings. The van der Waals surface area contributed by atoms with Gasteiger partial charge in [-0.1, -0.05) is 18.2 Å². The molecule has 0 aliphatic rings. The number of hydrogen-bond donors (Lipinski definition) is 1. The number of thiophene rings is 1. The highest BCUT2D eigenvalue weighted by Crippen LogP contribution is 2.52. The molecule has 2 rings (SSSR count). The van der Waals surface area contributed by atoms with E-state index in [2.05, 4.69) is 0 Å². The molecule has 10 heteroatoms. The lowest BCUT2D eigenvalue weighted by molar-refractivity contribution is -0.385. The van der Waals surface area contributed by atoms with E-state index in [-0.39, 0.29) is 0 Å². The molecule has 1 aromatic heterocycles. The van der Waals surface area contributed by atoms with E-state index < -0.39 is 38.8 Å². The second kappa shape index (κ2) is 5.53. The maximum Gasteiger partial charge on any atom is 0.457 e. The zero-order valence-electron chi connectivity index (χ0n) is 11.1. The molecule has 0 radical (unpaired) electrons. The number of nitro groups is 1. The number of non-ortho nitro benzene ring substituents is 1. The summed E-state index contributed by atoms with van der Waals surface area (Å²) in [5.74, 6) is -5.56. The molecule has 1 atom stereocenters. The number of hydrogen-bond acceptors (Lipinski definition) is 4. The molecule has 0 aliphatic heterocycles. The van der Waals surface area contributed by atoms with Crippen LogP contribution in [0.4, 0.5) is 27.6 Å². The molecule has 4 nitrogen and oxygen atoms in total. The Morgan fingerprint density at radius 2 is 1.74 bits per heavy atom. The number of halogens is 5. The van der Waals surface area contributed by atoms with Crippen LogP contribution in [0.25, 0.3) is 0 Å². The summed E-state index contributed by atoms with van der Waals surface area (Å²) in [6.45, 7) is 0. The first-order valence-electron chi connectivity index (χ1n) is 5.97. The van der Waals surface area contributed by atoms with Crippen molar-refractivity contribution in [2.45, 2.75) is 17.7 Å². The Morgan fingerprint density at radius 1 is 1.09 bits per heavy atom. The van der Waals surface area contributed by atoms with Crippen molar-refractivity contribution in [2.75, 3.05) is 0 Å². The molecule has 124 valence electrons. The summed E-state index contributed by atoms with van der Waals surface area (Å²) in [4.78, 5) is 9.10. The summed E-state index contributed by atoms with van der Waals surface area (Å²) in [5.41, 5.74) is -5.40. The Labute approximate surface area is 129 Å². The Hall–Kier alpha value is -2.07. The maximum atomic E-state index is 14.0. The molecule has 0 bridgehead atoms. The lowest BCUT2D eigenvalue weighted by Crippen LogP contribution is -2.55. The van der Waals surface area contributed by atoms with E-state index in [9.17, 15) is 37.2 Å². The summed E-state index contributed by atoms with van der Waals surface area (Å²) < 4.78 is 66.5. The van der Waals surface area contributed by atoms with E-state index in [1.807, 2.05) is 0 Å². The molecule has 1 aromatic carbocycles. The van der Waals surface area contributed by atoms with Gasteiger partial charge in [0.05, 0.1) is 4.92 Å². The van der Waals surface area contributed by atoms with Crippen LogP contribution in [0.1, 0.15) is 10.4 Å². The zero-order chi connectivity index (χ0) is 17.5. The van der Waals surface area contributed by atoms with E-state index in [4.69, 9.17) is 0 Å². The monoisotopic (exact) mass is 353 g/mol. The van der Waals surface area contributed by atoms with Gasteiger partial charge in [-0.05, 0) is 11.4 Å². The molecule has 0 aliphatic carbocycles. The maximum absolute atomic E-state index is 14.0. The average molecular weight is 353 g/mol. The molecule has 1 heterocycles. The second-order valence-electron chi connectivity index (χ2n) is 4.57. The summed E-state index contributed by atoms with van der Waals surface area (Å²) in [6.07, 6.45) is -6.06. The lowest BCUT2D eigenvalue weighted by atomic mass is 9.85. The highest BCUT2D eigenvalue weighted by atomic mass is 32.1. The van der Waals surface area contributed by atoms with Crippen molar-refractivity contribution >= 4 is 17.0 Å². The van der Waals surface area contributed by atoms with Crippen LogP contribution in [0.5, 0.6) is 0 Å². The highest BCUT2D eigenvalue weighted by molar-refractivity contribution is 7.10. The van der Waals surface area contributed by atoms with Gasteiger partial charge in [0.1, 0.15) is 0 Å². The van der Waals surface area contributed by atoms with Crippen molar-refractivity contribution in [2.24, 2.45) is 0 Å². The summed E-state index contributed by atoms with van der Waals surface area (Å²) in [5, 5.41) is 22.3. The average Bonchev–Trinajstić information content (AvgIpc) is 2.99. The van der Waals surface area contributed by atoms with Crippen molar-refractivity contribution in [1.82, 2.24) is 0 Å². The predicted molar refractivity (Wildman–Crippen MR) is 71.4 cm³/mol. The normalized spacial score (nSPS) is 15.2. The first-order chi connectivity index (χ1) is 10.5. The third kappa shape index (κ3) is 2.68. The van der Waals surface area contributed by atoms with Gasteiger partial charge >= 0.3 is 12.1 Å². The standard InChI is InChI=1S/C13H8F5NO3S/c14-12(15,13(16,17)18)11(20,10-5-2-6-23-10)8-3-1-4-9(7-8)19(21)22/h1-7,20H. The molecule has 0 fully saturated rings. The molecule has 1 N–H and O–H groups in total. The number of nitrogens with zero attached hydrogens (tertiary/aromatic N) is 1. The van der Waals surface area contributed by atoms with Crippen LogP contribution in [0, 0.1) is 10.1 Å². The van der Waals surface area contributed by atoms with Gasteiger partial charge in [-0.25, -0.2) is 0 Å². The van der Waals surface area contributed by atoms with Gasteiger partial charge in [0, 0.05) is 22.6 Å². The van der Waals surface area contributed by atoms with Crippen LogP contribution in [0.15, 0.2) is 41.8 Å². The first kappa shape index (κ1) is 17.3. The SMILES string of the molecule is O=[N+]([O-])c1cccc(C(O)(c2cccs2)C(F)(F)C(F)(F)F)c1. The van der Waals surface area contributed by atoms with Gasteiger partial charge in [0.2, 0.25) is 0 Å². The number of rotatable bonds is 4. The van der Waals surface area contributed by atoms with Crippen molar-refractivity contribution in [3.8, 4) is 0 Å². The van der Waals surface area contributed by atoms with E-state index in [1.165, 1.54) is 11.4 Å². The summed E-state index contributed by atoms with van der Waals surface area (Å²) in [7, 11) is 0. The van der Waals surface area contributed by atoms with Gasteiger partial charge in [-0.15, -0.1) is 11.3 Å². The van der Waals surface area contributed by atoms with Crippen LogP contribution in [-0.2, 0) is 5.60 Å². The van der Waals surface area contributed by atoms with Crippen LogP contribution < -0.4 is 0 Å². The van der Waals surface area contributed by atoms with Gasteiger partial charge in [0.15, 0.2) is 5.60 Å². The number of alkyl halides is 5. The van der Waals surface area contributed by atoms with Crippen molar-refractivity contribution < 1.29 is 32.0 Å². The molecule has 23 heavy (non-hydrogen) atoms. The number of aliphatic hydroxyl groups is 1. The zero-order valence-corrected chi connectivity index (χ0v) is 11.9. The predicted octanol–water partition coefficient (Wildman–Crippen LogP) is 4.09. The fraction of sp³-hybridized carbons (Fsp3) is 0.231. The molecule has 0 amide bonds. The minimum atomic E-state index is -6.06. The van der Waals surface area contributed by atoms with Crippen LogP contribution >= 0.6 is 11.3 Å². The van der Waals surface area contributed by atoms with Gasteiger partial charge in [0.25, 0.3) is 5.69 Å². The Kier molecular flexibility index (Phi) is 4.16. The van der Waals surface area contributed by atoms with Crippen molar-refractivity contribution in [3.63, 3.8) is 0 Å². The van der Waals surface area contributed by atoms with E-state index in [0.29, 0.717) is 17.4 Å². The van der Waals surface area contributed by atoms with E-state index in [0.717, 1.165) is 24.3 Å². The summed E-state index contributed by atoms with van der Waals surface area (Å²) >= 11 is 0.482. The van der Waals surface area contributed by atoms with Crippen LogP contribution in [0.2, 0.25) is 0 Å². The van der Waals surface area contributed by atoms with Crippen LogP contribution in [0.3, 0.4) is 0 Å². The summed E-state index contributed by atoms with van der Waals surface area (Å²) in [6, 6.07) is 5.23. The van der Waals surface area contributed by atoms with E-state index >= 15 is 0 Å². The largest absolute Gasteiger partial charge is 0.457 e. The third-order valence-electron chi connectivity index (χ3n) is 3.16. The topological polar surface area (TPSA) is 63.4 Å². The molecule has 0 saturated heterocycles. The molecule has 1 unspecified atom stereocenters. The first-order valence-corrected chi connectivity index (χ1v) is 6.85. The fourth-order valence-corrected chi connectivity index (χ4v) is 2.89. The second-order valence-corrected chi connectivity index (χ2v) is 5.51. The van der Waals surface area contributed by atoms with Gasteiger partial charge < -0.3 is 5.11 Å². The third-order valence-corrected chi connectivity index (χ3v) is 4.14. The Balaban J connectivity index is 2.75. The quantitative estimate of drug-likeness (QED) is 0.512. The number of nitro benzene ring substituents is 1. The van der Waals surface area contributed by atoms with Gasteiger partial charge in [-0.2, -0.15) is 22.0 Å². The van der Waals surface area contributed by atoms with E-state index in [1.54, 1.807) is 0 Å². The molecule has 0 spiro atoms. The molecular weight excluding hydrogens is 345 g/mol. The number of benzene rings is 1. The fourth-order valence-electron chi connectivity index (χ4n) is 2.01. The minimum absolute atomic E-state index is 0.482. The Bertz CT molecular complexity index is 717. The molecule has 0 saturated carbocycles.